The molecule has 22 heavy (non-hydrogen) atoms. The minimum atomic E-state index is 0.253. The number of carbonyl (C=O) groups excluding carboxylic acids is 1. The van der Waals surface area contributed by atoms with Crippen molar-refractivity contribution in [1.82, 2.24) is 19.7 Å². The number of hydrogen-bond donors (Lipinski definition) is 0. The lowest BCUT2D eigenvalue weighted by Crippen LogP contribution is -2.38. The summed E-state index contributed by atoms with van der Waals surface area (Å²) in [6.07, 6.45) is 11.0. The molecule has 116 valence electrons. The first-order chi connectivity index (χ1) is 10.7. The molecule has 1 amide bonds. The first-order valence-corrected chi connectivity index (χ1v) is 7.90. The van der Waals surface area contributed by atoms with E-state index in [0.29, 0.717) is 6.42 Å². The highest BCUT2D eigenvalue weighted by Gasteiger charge is 2.28. The van der Waals surface area contributed by atoms with Crippen LogP contribution in [0, 0.1) is 6.92 Å². The van der Waals surface area contributed by atoms with Crippen molar-refractivity contribution in [1.29, 1.82) is 0 Å². The van der Waals surface area contributed by atoms with Gasteiger partial charge in [0.1, 0.15) is 0 Å². The van der Waals surface area contributed by atoms with E-state index < -0.39 is 0 Å². The Morgan fingerprint density at radius 1 is 1.36 bits per heavy atom. The first kappa shape index (κ1) is 14.8. The molecular formula is C17H22N4O. The number of rotatable bonds is 5. The summed E-state index contributed by atoms with van der Waals surface area (Å²) in [4.78, 5) is 18.6. The Bertz CT molecular complexity index is 623. The highest BCUT2D eigenvalue weighted by atomic mass is 16.2. The second-order valence-corrected chi connectivity index (χ2v) is 5.98. The Labute approximate surface area is 131 Å². The third-order valence-corrected chi connectivity index (χ3v) is 4.23. The van der Waals surface area contributed by atoms with Crippen LogP contribution in [0.1, 0.15) is 30.4 Å². The summed E-state index contributed by atoms with van der Waals surface area (Å²) in [6.45, 7) is 3.71. The third-order valence-electron chi connectivity index (χ3n) is 4.23. The predicted octanol–water partition coefficient (Wildman–Crippen LogP) is 2.21. The van der Waals surface area contributed by atoms with E-state index in [0.717, 1.165) is 37.9 Å². The number of pyridine rings is 1. The van der Waals surface area contributed by atoms with Crippen LogP contribution in [0.4, 0.5) is 0 Å². The SMILES string of the molecule is Cc1cnn(C[C@H]2CCCN2C(=O)CCc2ccncc2)c1. The Kier molecular flexibility index (Phi) is 4.51. The molecule has 1 atom stereocenters. The van der Waals surface area contributed by atoms with Gasteiger partial charge in [-0.1, -0.05) is 0 Å². The van der Waals surface area contributed by atoms with Crippen LogP contribution in [0.15, 0.2) is 36.9 Å². The van der Waals surface area contributed by atoms with Gasteiger partial charge in [-0.25, -0.2) is 0 Å². The largest absolute Gasteiger partial charge is 0.338 e. The van der Waals surface area contributed by atoms with Crippen molar-refractivity contribution in [3.8, 4) is 0 Å². The van der Waals surface area contributed by atoms with Gasteiger partial charge in [0, 0.05) is 31.6 Å². The number of hydrogen-bond acceptors (Lipinski definition) is 3. The van der Waals surface area contributed by atoms with Crippen molar-refractivity contribution in [2.24, 2.45) is 0 Å². The maximum atomic E-state index is 12.5. The molecule has 0 N–H and O–H groups in total. The number of aromatic nitrogens is 3. The van der Waals surface area contributed by atoms with E-state index in [1.54, 1.807) is 12.4 Å². The van der Waals surface area contributed by atoms with Crippen LogP contribution in [0.3, 0.4) is 0 Å². The summed E-state index contributed by atoms with van der Waals surface area (Å²) in [5.41, 5.74) is 2.33. The average molecular weight is 298 g/mol. The predicted molar refractivity (Wildman–Crippen MR) is 84.3 cm³/mol. The minimum Gasteiger partial charge on any atom is -0.338 e. The molecule has 5 nitrogen and oxygen atoms in total. The highest BCUT2D eigenvalue weighted by molar-refractivity contribution is 5.77. The Hall–Kier alpha value is -2.17. The zero-order valence-corrected chi connectivity index (χ0v) is 13.0. The van der Waals surface area contributed by atoms with Crippen LogP contribution in [0.25, 0.3) is 0 Å². The Morgan fingerprint density at radius 3 is 2.91 bits per heavy atom. The highest BCUT2D eigenvalue weighted by Crippen LogP contribution is 2.20. The van der Waals surface area contributed by atoms with Crippen molar-refractivity contribution in [2.75, 3.05) is 6.54 Å². The average Bonchev–Trinajstić information content (AvgIpc) is 3.15. The second-order valence-electron chi connectivity index (χ2n) is 5.98. The molecule has 0 bridgehead atoms. The molecule has 1 aliphatic heterocycles. The van der Waals surface area contributed by atoms with Crippen LogP contribution in [0.5, 0.6) is 0 Å². The summed E-state index contributed by atoms with van der Waals surface area (Å²) in [5, 5.41) is 4.34. The van der Waals surface area contributed by atoms with Crippen LogP contribution >= 0.6 is 0 Å². The summed E-state index contributed by atoms with van der Waals surface area (Å²) >= 11 is 0. The number of amides is 1. The number of nitrogens with zero attached hydrogens (tertiary/aromatic N) is 4. The van der Waals surface area contributed by atoms with Crippen LogP contribution in [0.2, 0.25) is 0 Å². The van der Waals surface area contributed by atoms with E-state index in [9.17, 15) is 4.79 Å². The van der Waals surface area contributed by atoms with Gasteiger partial charge in [-0.3, -0.25) is 14.5 Å². The standard InChI is InChI=1S/C17H22N4O/c1-14-11-19-20(12-14)13-16-3-2-10-21(16)17(22)5-4-15-6-8-18-9-7-15/h6-9,11-12,16H,2-5,10,13H2,1H3/t16-/m1/s1. The van der Waals surface area contributed by atoms with Crippen molar-refractivity contribution in [2.45, 2.75) is 45.2 Å². The third kappa shape index (κ3) is 3.53. The molecule has 0 aliphatic carbocycles. The van der Waals surface area contributed by atoms with Gasteiger partial charge in [0.05, 0.1) is 18.8 Å². The van der Waals surface area contributed by atoms with Gasteiger partial charge in [-0.2, -0.15) is 5.10 Å². The molecular weight excluding hydrogens is 276 g/mol. The lowest BCUT2D eigenvalue weighted by atomic mass is 10.1. The normalized spacial score (nSPS) is 17.9. The lowest BCUT2D eigenvalue weighted by molar-refractivity contribution is -0.132. The van der Waals surface area contributed by atoms with Gasteiger partial charge in [0.25, 0.3) is 0 Å². The number of likely N-dealkylation sites (tertiary alicyclic amines) is 1. The maximum Gasteiger partial charge on any atom is 0.223 e. The van der Waals surface area contributed by atoms with E-state index in [4.69, 9.17) is 0 Å². The van der Waals surface area contributed by atoms with Gasteiger partial charge < -0.3 is 4.90 Å². The number of aryl methyl sites for hydroxylation is 2. The smallest absolute Gasteiger partial charge is 0.223 e. The molecule has 2 aromatic heterocycles. The number of carbonyl (C=O) groups is 1. The second kappa shape index (κ2) is 6.73. The molecule has 0 spiro atoms. The molecule has 3 rings (SSSR count). The molecule has 3 heterocycles. The monoisotopic (exact) mass is 298 g/mol. The van der Waals surface area contributed by atoms with Gasteiger partial charge in [0.15, 0.2) is 0 Å². The van der Waals surface area contributed by atoms with E-state index in [2.05, 4.69) is 10.1 Å². The Morgan fingerprint density at radius 2 is 2.18 bits per heavy atom. The van der Waals surface area contributed by atoms with E-state index >= 15 is 0 Å². The summed E-state index contributed by atoms with van der Waals surface area (Å²) in [7, 11) is 0. The Balaban J connectivity index is 1.56. The summed E-state index contributed by atoms with van der Waals surface area (Å²) < 4.78 is 1.95. The van der Waals surface area contributed by atoms with Crippen LogP contribution < -0.4 is 0 Å². The molecule has 0 unspecified atom stereocenters. The molecule has 1 saturated heterocycles. The fourth-order valence-corrected chi connectivity index (χ4v) is 3.08. The lowest BCUT2D eigenvalue weighted by Gasteiger charge is -2.24. The minimum absolute atomic E-state index is 0.253. The van der Waals surface area contributed by atoms with Gasteiger partial charge in [-0.15, -0.1) is 0 Å². The van der Waals surface area contributed by atoms with Gasteiger partial charge in [0.2, 0.25) is 5.91 Å². The molecule has 0 saturated carbocycles. The zero-order valence-electron chi connectivity index (χ0n) is 13.0. The van der Waals surface area contributed by atoms with E-state index in [1.165, 1.54) is 5.56 Å². The van der Waals surface area contributed by atoms with Crippen molar-refractivity contribution < 1.29 is 4.79 Å². The molecule has 0 radical (unpaired) electrons. The van der Waals surface area contributed by atoms with E-state index in [-0.39, 0.29) is 11.9 Å². The zero-order chi connectivity index (χ0) is 15.4. The van der Waals surface area contributed by atoms with Crippen molar-refractivity contribution >= 4 is 5.91 Å². The topological polar surface area (TPSA) is 51.0 Å². The molecule has 2 aromatic rings. The van der Waals surface area contributed by atoms with E-state index in [1.807, 2.05) is 41.0 Å². The quantitative estimate of drug-likeness (QED) is 0.850. The van der Waals surface area contributed by atoms with Crippen LogP contribution in [-0.4, -0.2) is 38.2 Å². The first-order valence-electron chi connectivity index (χ1n) is 7.90. The molecule has 1 aliphatic rings. The molecule has 0 aromatic carbocycles. The van der Waals surface area contributed by atoms with Gasteiger partial charge in [-0.05, 0) is 49.4 Å². The molecule has 5 heteroatoms. The summed E-state index contributed by atoms with van der Waals surface area (Å²) in [5.74, 6) is 0.253. The fourth-order valence-electron chi connectivity index (χ4n) is 3.08. The van der Waals surface area contributed by atoms with Crippen LogP contribution in [-0.2, 0) is 17.8 Å². The maximum absolute atomic E-state index is 12.5. The fraction of sp³-hybridized carbons (Fsp3) is 0.471. The van der Waals surface area contributed by atoms with Gasteiger partial charge >= 0.3 is 0 Å². The van der Waals surface area contributed by atoms with Crippen molar-refractivity contribution in [3.63, 3.8) is 0 Å². The summed E-state index contributed by atoms with van der Waals surface area (Å²) in [6, 6.07) is 4.23. The van der Waals surface area contributed by atoms with Crippen molar-refractivity contribution in [3.05, 3.63) is 48.0 Å². The molecule has 1 fully saturated rings.